The fraction of sp³-hybridized carbons (Fsp3) is 0.909. The van der Waals surface area contributed by atoms with Crippen LogP contribution in [0.25, 0.3) is 0 Å². The van der Waals surface area contributed by atoms with Gasteiger partial charge in [0, 0.05) is 19.1 Å². The molecule has 4 nitrogen and oxygen atoms in total. The molecule has 1 heterocycles. The Balaban J connectivity index is 1.49. The Morgan fingerprint density at radius 2 is 2.27 bits per heavy atom. The van der Waals surface area contributed by atoms with Gasteiger partial charge in [-0.15, -0.1) is 0 Å². The van der Waals surface area contributed by atoms with Crippen LogP contribution in [0.1, 0.15) is 25.7 Å². The van der Waals surface area contributed by atoms with Gasteiger partial charge in [0.1, 0.15) is 0 Å². The molecule has 84 valence electrons. The molecule has 1 spiro atoms. The first kappa shape index (κ1) is 9.60. The third-order valence-corrected chi connectivity index (χ3v) is 3.95. The highest BCUT2D eigenvalue weighted by atomic mass is 16.2. The first-order valence-electron chi connectivity index (χ1n) is 5.96. The summed E-state index contributed by atoms with van der Waals surface area (Å²) in [6.45, 7) is 2.67. The lowest BCUT2D eigenvalue weighted by Gasteiger charge is -2.21. The molecule has 0 radical (unpaired) electrons. The van der Waals surface area contributed by atoms with E-state index in [4.69, 9.17) is 0 Å². The molecule has 1 aliphatic heterocycles. The molecule has 3 aliphatic rings. The molecule has 1 N–H and O–H groups in total. The zero-order valence-corrected chi connectivity index (χ0v) is 9.33. The van der Waals surface area contributed by atoms with Gasteiger partial charge in [0.05, 0.1) is 12.2 Å². The van der Waals surface area contributed by atoms with Crippen LogP contribution in [-0.2, 0) is 4.79 Å². The van der Waals surface area contributed by atoms with E-state index in [2.05, 4.69) is 17.3 Å². The lowest BCUT2D eigenvalue weighted by atomic mass is 10.3. The van der Waals surface area contributed by atoms with Crippen LogP contribution >= 0.6 is 0 Å². The molecule has 0 aromatic heterocycles. The highest BCUT2D eigenvalue weighted by Crippen LogP contribution is 2.40. The minimum Gasteiger partial charge on any atom is -0.327 e. The normalized spacial score (nSPS) is 28.1. The van der Waals surface area contributed by atoms with Crippen molar-refractivity contribution in [1.29, 1.82) is 0 Å². The first-order valence-corrected chi connectivity index (χ1v) is 5.96. The van der Waals surface area contributed by atoms with Gasteiger partial charge in [-0.1, -0.05) is 0 Å². The number of carbonyl (C=O) groups excluding carboxylic acids is 1. The van der Waals surface area contributed by atoms with Gasteiger partial charge in [-0.05, 0) is 32.7 Å². The van der Waals surface area contributed by atoms with E-state index in [1.807, 2.05) is 4.90 Å². The van der Waals surface area contributed by atoms with E-state index in [0.717, 1.165) is 38.6 Å². The number of nitrogens with one attached hydrogen (secondary N) is 1. The molecule has 0 bridgehead atoms. The maximum atomic E-state index is 11.9. The Morgan fingerprint density at radius 3 is 2.80 bits per heavy atom. The monoisotopic (exact) mass is 209 g/mol. The van der Waals surface area contributed by atoms with Gasteiger partial charge in [0.2, 0.25) is 5.91 Å². The van der Waals surface area contributed by atoms with Gasteiger partial charge in [-0.3, -0.25) is 10.1 Å². The maximum absolute atomic E-state index is 11.9. The quantitative estimate of drug-likeness (QED) is 0.708. The van der Waals surface area contributed by atoms with Crippen molar-refractivity contribution >= 4 is 5.91 Å². The molecule has 3 rings (SSSR count). The van der Waals surface area contributed by atoms with Crippen molar-refractivity contribution in [3.8, 4) is 0 Å². The lowest BCUT2D eigenvalue weighted by Crippen LogP contribution is -2.37. The summed E-state index contributed by atoms with van der Waals surface area (Å²) in [6, 6.07) is 0.797. The molecule has 4 heteroatoms. The van der Waals surface area contributed by atoms with Crippen LogP contribution in [0.15, 0.2) is 0 Å². The fourth-order valence-electron chi connectivity index (χ4n) is 2.37. The number of nitrogens with zero attached hydrogens (tertiary/aromatic N) is 2. The van der Waals surface area contributed by atoms with Crippen molar-refractivity contribution in [2.45, 2.75) is 37.3 Å². The van der Waals surface area contributed by atoms with E-state index in [1.54, 1.807) is 0 Å². The summed E-state index contributed by atoms with van der Waals surface area (Å²) in [5.41, 5.74) is -0.113. The molecule has 1 saturated heterocycles. The summed E-state index contributed by atoms with van der Waals surface area (Å²) in [5.74, 6) is 0.340. The summed E-state index contributed by atoms with van der Waals surface area (Å²) < 4.78 is 0. The number of amides is 1. The average Bonchev–Trinajstić information content (AvgIpc) is 3.10. The predicted molar refractivity (Wildman–Crippen MR) is 57.3 cm³/mol. The Bertz CT molecular complexity index is 284. The van der Waals surface area contributed by atoms with Gasteiger partial charge in [-0.25, -0.2) is 0 Å². The summed E-state index contributed by atoms with van der Waals surface area (Å²) in [7, 11) is 2.17. The van der Waals surface area contributed by atoms with E-state index in [9.17, 15) is 4.79 Å². The van der Waals surface area contributed by atoms with Crippen molar-refractivity contribution in [3.63, 3.8) is 0 Å². The molecule has 2 aliphatic carbocycles. The van der Waals surface area contributed by atoms with Gasteiger partial charge in [0.15, 0.2) is 0 Å². The van der Waals surface area contributed by atoms with E-state index < -0.39 is 0 Å². The van der Waals surface area contributed by atoms with Crippen LogP contribution in [0.4, 0.5) is 0 Å². The molecule has 0 unspecified atom stereocenters. The molecule has 0 aromatic carbocycles. The van der Waals surface area contributed by atoms with E-state index in [-0.39, 0.29) is 5.54 Å². The van der Waals surface area contributed by atoms with Gasteiger partial charge >= 0.3 is 0 Å². The Labute approximate surface area is 90.6 Å². The van der Waals surface area contributed by atoms with Crippen molar-refractivity contribution in [1.82, 2.24) is 15.1 Å². The van der Waals surface area contributed by atoms with Crippen LogP contribution in [0.3, 0.4) is 0 Å². The second-order valence-electron chi connectivity index (χ2n) is 5.20. The molecule has 15 heavy (non-hydrogen) atoms. The second kappa shape index (κ2) is 3.19. The largest absolute Gasteiger partial charge is 0.327 e. The minimum atomic E-state index is -0.113. The minimum absolute atomic E-state index is 0.113. The number of hydrogen-bond acceptors (Lipinski definition) is 3. The fourth-order valence-corrected chi connectivity index (χ4v) is 2.37. The van der Waals surface area contributed by atoms with Crippen LogP contribution in [-0.4, -0.2) is 54.1 Å². The summed E-state index contributed by atoms with van der Waals surface area (Å²) in [5, 5.41) is 3.33. The van der Waals surface area contributed by atoms with E-state index >= 15 is 0 Å². The summed E-state index contributed by atoms with van der Waals surface area (Å²) in [6.07, 6.45) is 4.76. The number of likely N-dealkylation sites (N-methyl/N-ethyl adjacent to an activating group) is 1. The highest BCUT2D eigenvalue weighted by Gasteiger charge is 2.55. The van der Waals surface area contributed by atoms with Gasteiger partial charge in [0.25, 0.3) is 0 Å². The Hall–Kier alpha value is -0.610. The lowest BCUT2D eigenvalue weighted by molar-refractivity contribution is -0.129. The third-order valence-electron chi connectivity index (χ3n) is 3.95. The average molecular weight is 209 g/mol. The van der Waals surface area contributed by atoms with E-state index in [0.29, 0.717) is 5.91 Å². The molecule has 1 amide bonds. The van der Waals surface area contributed by atoms with Crippen molar-refractivity contribution in [2.24, 2.45) is 0 Å². The SMILES string of the molecule is CN(CCN1CNC2(CC2)C1=O)C1CC1. The zero-order valence-electron chi connectivity index (χ0n) is 9.33. The van der Waals surface area contributed by atoms with Gasteiger partial charge < -0.3 is 9.80 Å². The third kappa shape index (κ3) is 1.66. The van der Waals surface area contributed by atoms with Crippen molar-refractivity contribution < 1.29 is 4.79 Å². The molecule has 0 aromatic rings. The number of carbonyl (C=O) groups is 1. The summed E-state index contributed by atoms with van der Waals surface area (Å²) in [4.78, 5) is 16.3. The van der Waals surface area contributed by atoms with Crippen molar-refractivity contribution in [3.05, 3.63) is 0 Å². The smallest absolute Gasteiger partial charge is 0.244 e. The molecule has 2 saturated carbocycles. The Morgan fingerprint density at radius 1 is 1.53 bits per heavy atom. The van der Waals surface area contributed by atoms with Gasteiger partial charge in [-0.2, -0.15) is 0 Å². The van der Waals surface area contributed by atoms with Crippen molar-refractivity contribution in [2.75, 3.05) is 26.8 Å². The number of rotatable bonds is 4. The number of hydrogen-bond donors (Lipinski definition) is 1. The summed E-state index contributed by atoms with van der Waals surface area (Å²) >= 11 is 0. The van der Waals surface area contributed by atoms with Crippen LogP contribution in [0.2, 0.25) is 0 Å². The van der Waals surface area contributed by atoms with Crippen LogP contribution in [0, 0.1) is 0 Å². The highest BCUT2D eigenvalue weighted by molar-refractivity contribution is 5.91. The first-order chi connectivity index (χ1) is 7.21. The zero-order chi connectivity index (χ0) is 10.5. The molecular formula is C11H19N3O. The Kier molecular flexibility index (Phi) is 2.04. The molecule has 0 atom stereocenters. The molecular weight excluding hydrogens is 190 g/mol. The maximum Gasteiger partial charge on any atom is 0.244 e. The van der Waals surface area contributed by atoms with Crippen LogP contribution < -0.4 is 5.32 Å². The standard InChI is InChI=1S/C11H19N3O/c1-13(9-2-3-9)6-7-14-8-12-11(4-5-11)10(14)15/h9,12H,2-8H2,1H3. The van der Waals surface area contributed by atoms with E-state index in [1.165, 1.54) is 12.8 Å². The predicted octanol–water partition coefficient (Wildman–Crippen LogP) is 0.00250. The molecule has 3 fully saturated rings. The topological polar surface area (TPSA) is 35.6 Å². The van der Waals surface area contributed by atoms with Crippen LogP contribution in [0.5, 0.6) is 0 Å². The second-order valence-corrected chi connectivity index (χ2v) is 5.20.